The van der Waals surface area contributed by atoms with E-state index in [1.165, 1.54) is 12.1 Å². The molecule has 0 fully saturated rings. The summed E-state index contributed by atoms with van der Waals surface area (Å²) in [6.07, 6.45) is 3.22. The van der Waals surface area contributed by atoms with Gasteiger partial charge < -0.3 is 10.3 Å². The van der Waals surface area contributed by atoms with Gasteiger partial charge in [0.25, 0.3) is 0 Å². The molecule has 0 saturated carbocycles. The van der Waals surface area contributed by atoms with Crippen LogP contribution in [0.5, 0.6) is 0 Å². The number of hydrogen-bond donors (Lipinski definition) is 2. The van der Waals surface area contributed by atoms with E-state index < -0.39 is 11.6 Å². The Kier molecular flexibility index (Phi) is 2.62. The number of halogens is 2. The van der Waals surface area contributed by atoms with Gasteiger partial charge in [0, 0.05) is 24.5 Å². The largest absolute Gasteiger partial charge is 0.352 e. The van der Waals surface area contributed by atoms with E-state index in [2.05, 4.69) is 15.3 Å². The van der Waals surface area contributed by atoms with E-state index in [0.29, 0.717) is 5.95 Å². The molecule has 0 unspecified atom stereocenters. The van der Waals surface area contributed by atoms with Crippen LogP contribution in [0, 0.1) is 11.6 Å². The quantitative estimate of drug-likeness (QED) is 0.814. The van der Waals surface area contributed by atoms with Crippen molar-refractivity contribution in [1.29, 1.82) is 0 Å². The summed E-state index contributed by atoms with van der Waals surface area (Å²) < 4.78 is 26.0. The average Bonchev–Trinajstić information content (AvgIpc) is 2.73. The van der Waals surface area contributed by atoms with Crippen molar-refractivity contribution in [2.45, 2.75) is 6.54 Å². The van der Waals surface area contributed by atoms with Crippen molar-refractivity contribution in [1.82, 2.24) is 9.97 Å². The number of rotatable bonds is 3. The lowest BCUT2D eigenvalue weighted by molar-refractivity contribution is 0.500. The summed E-state index contributed by atoms with van der Waals surface area (Å²) >= 11 is 0. The highest BCUT2D eigenvalue weighted by Crippen LogP contribution is 2.12. The lowest BCUT2D eigenvalue weighted by Gasteiger charge is -2.04. The topological polar surface area (TPSA) is 40.7 Å². The van der Waals surface area contributed by atoms with E-state index in [-0.39, 0.29) is 12.1 Å². The van der Waals surface area contributed by atoms with Crippen LogP contribution in [-0.4, -0.2) is 9.97 Å². The lowest BCUT2D eigenvalue weighted by Crippen LogP contribution is -2.04. The molecule has 1 heterocycles. The van der Waals surface area contributed by atoms with Gasteiger partial charge >= 0.3 is 0 Å². The van der Waals surface area contributed by atoms with Crippen molar-refractivity contribution < 1.29 is 8.78 Å². The van der Waals surface area contributed by atoms with Crippen LogP contribution in [0.15, 0.2) is 30.6 Å². The molecule has 3 nitrogen and oxygen atoms in total. The second kappa shape index (κ2) is 4.08. The highest BCUT2D eigenvalue weighted by atomic mass is 19.2. The molecule has 0 atom stereocenters. The Morgan fingerprint density at radius 3 is 2.93 bits per heavy atom. The van der Waals surface area contributed by atoms with Crippen LogP contribution in [0.1, 0.15) is 5.56 Å². The third kappa shape index (κ3) is 2.12. The first-order valence-corrected chi connectivity index (χ1v) is 4.43. The number of aromatic amines is 1. The van der Waals surface area contributed by atoms with Gasteiger partial charge in [-0.3, -0.25) is 0 Å². The molecule has 0 radical (unpaired) electrons. The molecule has 1 aromatic heterocycles. The summed E-state index contributed by atoms with van der Waals surface area (Å²) in [6, 6.07) is 4.08. The molecule has 0 bridgehead atoms. The van der Waals surface area contributed by atoms with Crippen molar-refractivity contribution in [2.75, 3.05) is 5.32 Å². The summed E-state index contributed by atoms with van der Waals surface area (Å²) in [5.41, 5.74) is 0.270. The summed E-state index contributed by atoms with van der Waals surface area (Å²) in [6.45, 7) is 0.192. The first-order chi connectivity index (χ1) is 7.27. The Balaban J connectivity index is 2.08. The summed E-state index contributed by atoms with van der Waals surface area (Å²) in [4.78, 5) is 6.70. The zero-order chi connectivity index (χ0) is 10.7. The number of nitrogens with zero attached hydrogens (tertiary/aromatic N) is 1. The minimum absolute atomic E-state index is 0.192. The third-order valence-electron chi connectivity index (χ3n) is 1.98. The smallest absolute Gasteiger partial charge is 0.200 e. The van der Waals surface area contributed by atoms with E-state index in [9.17, 15) is 8.78 Å². The molecule has 5 heteroatoms. The van der Waals surface area contributed by atoms with Crippen molar-refractivity contribution in [3.05, 3.63) is 47.8 Å². The van der Waals surface area contributed by atoms with Gasteiger partial charge in [-0.2, -0.15) is 0 Å². The van der Waals surface area contributed by atoms with Crippen LogP contribution in [0.2, 0.25) is 0 Å². The molecule has 0 aliphatic carbocycles. The standard InChI is InChI=1S/C10H9F2N3/c11-8-3-1-2-7(9(8)12)6-15-10-13-4-5-14-10/h1-5H,6H2,(H2,13,14,15). The van der Waals surface area contributed by atoms with Crippen LogP contribution in [0.3, 0.4) is 0 Å². The predicted molar refractivity (Wildman–Crippen MR) is 52.3 cm³/mol. The van der Waals surface area contributed by atoms with Crippen LogP contribution >= 0.6 is 0 Å². The molecular formula is C10H9F2N3. The van der Waals surface area contributed by atoms with Crippen molar-refractivity contribution >= 4 is 5.95 Å². The molecule has 78 valence electrons. The van der Waals surface area contributed by atoms with Gasteiger partial charge in [0.15, 0.2) is 17.6 Å². The summed E-state index contributed by atoms with van der Waals surface area (Å²) in [5.74, 6) is -1.14. The van der Waals surface area contributed by atoms with E-state index in [0.717, 1.165) is 6.07 Å². The van der Waals surface area contributed by atoms with Gasteiger partial charge in [-0.15, -0.1) is 0 Å². The third-order valence-corrected chi connectivity index (χ3v) is 1.98. The zero-order valence-corrected chi connectivity index (χ0v) is 7.80. The number of aromatic nitrogens is 2. The maximum Gasteiger partial charge on any atom is 0.200 e. The lowest BCUT2D eigenvalue weighted by atomic mass is 10.2. The first-order valence-electron chi connectivity index (χ1n) is 4.43. The summed E-state index contributed by atoms with van der Waals surface area (Å²) in [5, 5.41) is 2.84. The molecule has 15 heavy (non-hydrogen) atoms. The Morgan fingerprint density at radius 2 is 2.20 bits per heavy atom. The highest BCUT2D eigenvalue weighted by Gasteiger charge is 2.06. The molecular weight excluding hydrogens is 200 g/mol. The van der Waals surface area contributed by atoms with E-state index in [1.807, 2.05) is 0 Å². The molecule has 1 aromatic carbocycles. The SMILES string of the molecule is Fc1cccc(CNc2ncc[nH]2)c1F. The Hall–Kier alpha value is -1.91. The minimum atomic E-state index is -0.839. The average molecular weight is 209 g/mol. The molecule has 0 saturated heterocycles. The maximum atomic E-state index is 13.2. The van der Waals surface area contributed by atoms with Crippen molar-refractivity contribution in [2.24, 2.45) is 0 Å². The molecule has 0 aliphatic rings. The van der Waals surface area contributed by atoms with E-state index in [1.54, 1.807) is 12.4 Å². The van der Waals surface area contributed by atoms with E-state index >= 15 is 0 Å². The van der Waals surface area contributed by atoms with E-state index in [4.69, 9.17) is 0 Å². The number of anilines is 1. The van der Waals surface area contributed by atoms with Crippen molar-refractivity contribution in [3.8, 4) is 0 Å². The molecule has 0 amide bonds. The number of H-pyrrole nitrogens is 1. The number of nitrogens with one attached hydrogen (secondary N) is 2. The van der Waals surface area contributed by atoms with Crippen molar-refractivity contribution in [3.63, 3.8) is 0 Å². The van der Waals surface area contributed by atoms with Crippen LogP contribution in [-0.2, 0) is 6.54 Å². The second-order valence-corrected chi connectivity index (χ2v) is 3.00. The van der Waals surface area contributed by atoms with Gasteiger partial charge in [-0.05, 0) is 6.07 Å². The van der Waals surface area contributed by atoms with Gasteiger partial charge in [0.1, 0.15) is 0 Å². The molecule has 2 N–H and O–H groups in total. The Bertz CT molecular complexity index is 440. The van der Waals surface area contributed by atoms with Crippen LogP contribution in [0.25, 0.3) is 0 Å². The predicted octanol–water partition coefficient (Wildman–Crippen LogP) is 2.30. The maximum absolute atomic E-state index is 13.2. The Labute approximate surface area is 85.2 Å². The number of benzene rings is 1. The van der Waals surface area contributed by atoms with Gasteiger partial charge in [0.2, 0.25) is 0 Å². The number of imidazole rings is 1. The molecule has 0 aliphatic heterocycles. The fourth-order valence-corrected chi connectivity index (χ4v) is 1.23. The highest BCUT2D eigenvalue weighted by molar-refractivity contribution is 5.28. The van der Waals surface area contributed by atoms with Gasteiger partial charge in [-0.1, -0.05) is 12.1 Å². The fourth-order valence-electron chi connectivity index (χ4n) is 1.23. The van der Waals surface area contributed by atoms with Gasteiger partial charge in [0.05, 0.1) is 0 Å². The molecule has 2 aromatic rings. The summed E-state index contributed by atoms with van der Waals surface area (Å²) in [7, 11) is 0. The second-order valence-electron chi connectivity index (χ2n) is 3.00. The van der Waals surface area contributed by atoms with Crippen LogP contribution in [0.4, 0.5) is 14.7 Å². The molecule has 0 spiro atoms. The zero-order valence-electron chi connectivity index (χ0n) is 7.80. The Morgan fingerprint density at radius 1 is 1.33 bits per heavy atom. The van der Waals surface area contributed by atoms with Gasteiger partial charge in [-0.25, -0.2) is 13.8 Å². The first kappa shape index (κ1) is 9.64. The van der Waals surface area contributed by atoms with Crippen LogP contribution < -0.4 is 5.32 Å². The fraction of sp³-hybridized carbons (Fsp3) is 0.100. The molecule has 2 rings (SSSR count). The minimum Gasteiger partial charge on any atom is -0.352 e. The monoisotopic (exact) mass is 209 g/mol. The number of hydrogen-bond acceptors (Lipinski definition) is 2. The normalized spacial score (nSPS) is 10.3.